The van der Waals surface area contributed by atoms with Crippen LogP contribution in [0, 0.1) is 5.92 Å². The normalized spacial score (nSPS) is 14.2. The average molecular weight is 598 g/mol. The highest BCUT2D eigenvalue weighted by Gasteiger charge is 2.30. The SMILES string of the molecule is CCOC(=O)c1c(NC(=O)C(=O)N/N=C/c2ccc(OC(=O)c3ccccc3Cl)c(OC)c2)sc2c1CCC(C)C2. The lowest BCUT2D eigenvalue weighted by Crippen LogP contribution is -2.32. The van der Waals surface area contributed by atoms with E-state index in [1.807, 2.05) is 0 Å². The van der Waals surface area contributed by atoms with Gasteiger partial charge in [-0.2, -0.15) is 5.10 Å². The number of carbonyl (C=O) groups is 4. The topological polar surface area (TPSA) is 132 Å². The Morgan fingerprint density at radius 1 is 1.10 bits per heavy atom. The minimum Gasteiger partial charge on any atom is -0.493 e. The fourth-order valence-corrected chi connectivity index (χ4v) is 5.87. The lowest BCUT2D eigenvalue weighted by molar-refractivity contribution is -0.136. The average Bonchev–Trinajstić information content (AvgIpc) is 3.30. The van der Waals surface area contributed by atoms with Crippen LogP contribution in [0.25, 0.3) is 0 Å². The third kappa shape index (κ3) is 7.11. The van der Waals surface area contributed by atoms with Gasteiger partial charge in [0.1, 0.15) is 5.00 Å². The summed E-state index contributed by atoms with van der Waals surface area (Å²) in [6.07, 6.45) is 3.71. The summed E-state index contributed by atoms with van der Waals surface area (Å²) in [5.74, 6) is -2.32. The number of anilines is 1. The van der Waals surface area contributed by atoms with Crippen LogP contribution in [0.4, 0.5) is 5.00 Å². The number of fused-ring (bicyclic) bond motifs is 1. The lowest BCUT2D eigenvalue weighted by atomic mass is 9.88. The number of amides is 2. The maximum absolute atomic E-state index is 12.6. The number of rotatable bonds is 8. The Balaban J connectivity index is 1.41. The van der Waals surface area contributed by atoms with Crippen molar-refractivity contribution in [3.05, 3.63) is 74.6 Å². The second-order valence-electron chi connectivity index (χ2n) is 9.21. The quantitative estimate of drug-likeness (QED) is 0.122. The second-order valence-corrected chi connectivity index (χ2v) is 10.7. The zero-order chi connectivity index (χ0) is 29.5. The molecule has 3 aromatic rings. The number of nitrogens with one attached hydrogen (secondary N) is 2. The van der Waals surface area contributed by atoms with Crippen molar-refractivity contribution >= 4 is 57.9 Å². The first-order valence-corrected chi connectivity index (χ1v) is 14.0. The predicted molar refractivity (Wildman–Crippen MR) is 155 cm³/mol. The number of thiophene rings is 1. The minimum atomic E-state index is -1.02. The molecule has 2 amide bonds. The Morgan fingerprint density at radius 3 is 2.61 bits per heavy atom. The summed E-state index contributed by atoms with van der Waals surface area (Å²) in [6.45, 7) is 4.03. The fraction of sp³-hybridized carbons (Fsp3) is 0.276. The number of esters is 2. The summed E-state index contributed by atoms with van der Waals surface area (Å²) in [6, 6.07) is 11.1. The highest BCUT2D eigenvalue weighted by molar-refractivity contribution is 7.17. The molecule has 0 spiro atoms. The van der Waals surface area contributed by atoms with E-state index >= 15 is 0 Å². The van der Waals surface area contributed by atoms with E-state index < -0.39 is 23.8 Å². The van der Waals surface area contributed by atoms with Crippen LogP contribution in [0.15, 0.2) is 47.6 Å². The van der Waals surface area contributed by atoms with E-state index in [1.165, 1.54) is 36.8 Å². The van der Waals surface area contributed by atoms with Crippen molar-refractivity contribution in [1.29, 1.82) is 0 Å². The van der Waals surface area contributed by atoms with Gasteiger partial charge in [0.15, 0.2) is 11.5 Å². The summed E-state index contributed by atoms with van der Waals surface area (Å²) >= 11 is 7.35. The molecule has 2 N–H and O–H groups in total. The number of hydrazone groups is 1. The van der Waals surface area contributed by atoms with Crippen molar-refractivity contribution in [3.63, 3.8) is 0 Å². The van der Waals surface area contributed by atoms with Crippen LogP contribution in [0.1, 0.15) is 57.0 Å². The van der Waals surface area contributed by atoms with Crippen LogP contribution in [0.3, 0.4) is 0 Å². The summed E-state index contributed by atoms with van der Waals surface area (Å²) in [7, 11) is 1.41. The molecule has 4 rings (SSSR count). The number of carbonyl (C=O) groups excluding carboxylic acids is 4. The number of benzene rings is 2. The molecule has 1 unspecified atom stereocenters. The van der Waals surface area contributed by atoms with E-state index in [0.29, 0.717) is 28.5 Å². The van der Waals surface area contributed by atoms with Gasteiger partial charge in [0.2, 0.25) is 0 Å². The number of halogens is 1. The van der Waals surface area contributed by atoms with Crippen LogP contribution >= 0.6 is 22.9 Å². The van der Waals surface area contributed by atoms with Crippen molar-refractivity contribution in [3.8, 4) is 11.5 Å². The molecule has 41 heavy (non-hydrogen) atoms. The minimum absolute atomic E-state index is 0.156. The van der Waals surface area contributed by atoms with Crippen LogP contribution in [-0.2, 0) is 27.2 Å². The number of hydrogen-bond donors (Lipinski definition) is 2. The highest BCUT2D eigenvalue weighted by atomic mass is 35.5. The van der Waals surface area contributed by atoms with E-state index in [4.69, 9.17) is 25.8 Å². The van der Waals surface area contributed by atoms with E-state index in [-0.39, 0.29) is 28.7 Å². The first kappa shape index (κ1) is 29.8. The van der Waals surface area contributed by atoms with Gasteiger partial charge in [-0.25, -0.2) is 15.0 Å². The summed E-state index contributed by atoms with van der Waals surface area (Å²) in [5.41, 5.74) is 4.05. The van der Waals surface area contributed by atoms with Crippen molar-refractivity contribution in [2.24, 2.45) is 11.0 Å². The third-order valence-corrected chi connectivity index (χ3v) is 7.79. The highest BCUT2D eigenvalue weighted by Crippen LogP contribution is 2.40. The fourth-order valence-electron chi connectivity index (χ4n) is 4.26. The molecule has 2 aromatic carbocycles. The summed E-state index contributed by atoms with van der Waals surface area (Å²) < 4.78 is 15.9. The number of hydrogen-bond acceptors (Lipinski definition) is 9. The van der Waals surface area contributed by atoms with Crippen molar-refractivity contribution < 1.29 is 33.4 Å². The largest absolute Gasteiger partial charge is 0.493 e. The van der Waals surface area contributed by atoms with Crippen molar-refractivity contribution in [2.75, 3.05) is 19.0 Å². The first-order chi connectivity index (χ1) is 19.7. The van der Waals surface area contributed by atoms with Gasteiger partial charge in [-0.1, -0.05) is 30.7 Å². The second kappa shape index (κ2) is 13.4. The third-order valence-electron chi connectivity index (χ3n) is 6.29. The Kier molecular flexibility index (Phi) is 9.74. The maximum Gasteiger partial charge on any atom is 0.345 e. The number of ether oxygens (including phenoxy) is 3. The maximum atomic E-state index is 12.6. The molecule has 0 bridgehead atoms. The van der Waals surface area contributed by atoms with Gasteiger partial charge in [0.05, 0.1) is 36.1 Å². The molecule has 12 heteroatoms. The van der Waals surface area contributed by atoms with Crippen LogP contribution < -0.4 is 20.2 Å². The number of nitrogens with zero attached hydrogens (tertiary/aromatic N) is 1. The molecule has 0 saturated heterocycles. The van der Waals surface area contributed by atoms with Crippen molar-refractivity contribution in [2.45, 2.75) is 33.1 Å². The zero-order valence-corrected chi connectivity index (χ0v) is 24.2. The van der Waals surface area contributed by atoms with Gasteiger partial charge < -0.3 is 19.5 Å². The number of methoxy groups -OCH3 is 1. The molecule has 214 valence electrons. The molecular weight excluding hydrogens is 570 g/mol. The van der Waals surface area contributed by atoms with Crippen LogP contribution in [0.5, 0.6) is 11.5 Å². The molecule has 0 fully saturated rings. The van der Waals surface area contributed by atoms with Crippen LogP contribution in [-0.4, -0.2) is 43.7 Å². The standard InChI is InChI=1S/C29H28ClN3O7S/c1-4-39-29(37)24-19-11-9-16(2)13-23(19)41-27(24)32-25(34)26(35)33-31-15-17-10-12-21(22(14-17)38-3)40-28(36)18-7-5-6-8-20(18)30/h5-8,10,12,14-16H,4,9,11,13H2,1-3H3,(H,32,34)(H,33,35)/b31-15+. The molecule has 1 aliphatic carbocycles. The summed E-state index contributed by atoms with van der Waals surface area (Å²) in [4.78, 5) is 51.2. The molecule has 0 radical (unpaired) electrons. The predicted octanol–water partition coefficient (Wildman–Crippen LogP) is 5.02. The van der Waals surface area contributed by atoms with Gasteiger partial charge in [-0.05, 0) is 73.6 Å². The Labute approximate surface area is 245 Å². The molecular formula is C29H28ClN3O7S. The molecule has 1 aromatic heterocycles. The Bertz CT molecular complexity index is 1520. The Morgan fingerprint density at radius 2 is 1.88 bits per heavy atom. The van der Waals surface area contributed by atoms with Crippen LogP contribution in [0.2, 0.25) is 5.02 Å². The van der Waals surface area contributed by atoms with E-state index in [0.717, 1.165) is 23.3 Å². The summed E-state index contributed by atoms with van der Waals surface area (Å²) in [5, 5.41) is 6.93. The van der Waals surface area contributed by atoms with Gasteiger partial charge in [-0.15, -0.1) is 11.3 Å². The smallest absolute Gasteiger partial charge is 0.345 e. The molecule has 1 aliphatic rings. The van der Waals surface area contributed by atoms with E-state index in [2.05, 4.69) is 22.8 Å². The zero-order valence-electron chi connectivity index (χ0n) is 22.6. The Hall–Kier alpha value is -4.22. The molecule has 0 saturated carbocycles. The molecule has 10 nitrogen and oxygen atoms in total. The van der Waals surface area contributed by atoms with Gasteiger partial charge in [0, 0.05) is 4.88 Å². The molecule has 1 atom stereocenters. The van der Waals surface area contributed by atoms with E-state index in [1.54, 1.807) is 37.3 Å². The van der Waals surface area contributed by atoms with Gasteiger partial charge in [-0.3, -0.25) is 9.59 Å². The lowest BCUT2D eigenvalue weighted by Gasteiger charge is -2.18. The van der Waals surface area contributed by atoms with Crippen molar-refractivity contribution in [1.82, 2.24) is 5.43 Å². The first-order valence-electron chi connectivity index (χ1n) is 12.8. The van der Waals surface area contributed by atoms with Gasteiger partial charge >= 0.3 is 23.8 Å². The monoisotopic (exact) mass is 597 g/mol. The molecule has 1 heterocycles. The van der Waals surface area contributed by atoms with E-state index in [9.17, 15) is 19.2 Å². The van der Waals surface area contributed by atoms with Gasteiger partial charge in [0.25, 0.3) is 0 Å². The molecule has 0 aliphatic heterocycles.